The fourth-order valence-electron chi connectivity index (χ4n) is 1.80. The molecule has 0 aliphatic carbocycles. The third-order valence-electron chi connectivity index (χ3n) is 3.07. The molecule has 0 bridgehead atoms. The molecule has 0 saturated carbocycles. The number of aromatic amines is 1. The normalized spacial score (nSPS) is 12.2. The molecule has 0 unspecified atom stereocenters. The number of pyridine rings is 1. The molecule has 2 aromatic rings. The zero-order valence-corrected chi connectivity index (χ0v) is 12.5. The highest BCUT2D eigenvalue weighted by molar-refractivity contribution is 7.11. The lowest BCUT2D eigenvalue weighted by Crippen LogP contribution is -2.30. The molecule has 0 radical (unpaired) electrons. The smallest absolute Gasteiger partial charge is 0.268 e. The summed E-state index contributed by atoms with van der Waals surface area (Å²) >= 11 is 1.59. The number of carbonyl (C=O) groups excluding carboxylic acids is 1. The van der Waals surface area contributed by atoms with Gasteiger partial charge in [0.15, 0.2) is 0 Å². The van der Waals surface area contributed by atoms with Crippen LogP contribution >= 0.6 is 11.3 Å². The number of hydrogen-bond acceptors (Lipinski definition) is 4. The van der Waals surface area contributed by atoms with Crippen LogP contribution in [0.25, 0.3) is 0 Å². The van der Waals surface area contributed by atoms with Crippen molar-refractivity contribution in [1.82, 2.24) is 15.3 Å². The van der Waals surface area contributed by atoms with Crippen molar-refractivity contribution >= 4 is 17.2 Å². The Labute approximate surface area is 121 Å². The molecule has 5 nitrogen and oxygen atoms in total. The molecule has 0 spiro atoms. The Bertz CT molecular complexity index is 656. The first-order valence-electron chi connectivity index (χ1n) is 6.45. The van der Waals surface area contributed by atoms with Gasteiger partial charge in [0, 0.05) is 10.9 Å². The van der Waals surface area contributed by atoms with E-state index in [2.05, 4.69) is 15.3 Å². The van der Waals surface area contributed by atoms with Crippen molar-refractivity contribution in [3.05, 3.63) is 49.8 Å². The van der Waals surface area contributed by atoms with Crippen LogP contribution in [-0.4, -0.2) is 15.9 Å². The number of aryl methyl sites for hydroxylation is 2. The van der Waals surface area contributed by atoms with Crippen LogP contribution in [0.5, 0.6) is 0 Å². The van der Waals surface area contributed by atoms with Crippen molar-refractivity contribution in [1.29, 1.82) is 0 Å². The second kappa shape index (κ2) is 6.00. The monoisotopic (exact) mass is 291 g/mol. The molecule has 2 aromatic heterocycles. The van der Waals surface area contributed by atoms with Crippen LogP contribution in [0.4, 0.5) is 0 Å². The zero-order valence-electron chi connectivity index (χ0n) is 11.7. The average Bonchev–Trinajstić information content (AvgIpc) is 2.75. The summed E-state index contributed by atoms with van der Waals surface area (Å²) < 4.78 is 0. The SMILES string of the molecule is CC[C@H](NC(=O)c1cccc(=O)[nH]1)c1nc(C)c(C)s1. The molecule has 2 N–H and O–H groups in total. The van der Waals surface area contributed by atoms with Gasteiger partial charge in [0.2, 0.25) is 5.56 Å². The van der Waals surface area contributed by atoms with Gasteiger partial charge in [0.1, 0.15) is 10.7 Å². The maximum absolute atomic E-state index is 12.1. The number of hydrogen-bond donors (Lipinski definition) is 2. The summed E-state index contributed by atoms with van der Waals surface area (Å²) in [7, 11) is 0. The molecular formula is C14H17N3O2S. The molecule has 1 atom stereocenters. The second-order valence-electron chi connectivity index (χ2n) is 4.56. The molecule has 106 valence electrons. The Morgan fingerprint density at radius 1 is 1.45 bits per heavy atom. The van der Waals surface area contributed by atoms with Crippen LogP contribution in [-0.2, 0) is 0 Å². The Hall–Kier alpha value is -1.95. The van der Waals surface area contributed by atoms with Gasteiger partial charge in [-0.05, 0) is 26.3 Å². The van der Waals surface area contributed by atoms with E-state index in [0.29, 0.717) is 0 Å². The lowest BCUT2D eigenvalue weighted by atomic mass is 10.2. The van der Waals surface area contributed by atoms with Gasteiger partial charge in [0.25, 0.3) is 5.91 Å². The van der Waals surface area contributed by atoms with Crippen molar-refractivity contribution in [3.8, 4) is 0 Å². The quantitative estimate of drug-likeness (QED) is 0.908. The summed E-state index contributed by atoms with van der Waals surface area (Å²) in [6, 6.07) is 4.39. The minimum Gasteiger partial charge on any atom is -0.342 e. The number of amides is 1. The number of nitrogens with one attached hydrogen (secondary N) is 2. The van der Waals surface area contributed by atoms with Gasteiger partial charge >= 0.3 is 0 Å². The molecule has 0 saturated heterocycles. The van der Waals surface area contributed by atoms with E-state index < -0.39 is 0 Å². The molecule has 2 rings (SSSR count). The van der Waals surface area contributed by atoms with Crippen molar-refractivity contribution in [2.75, 3.05) is 0 Å². The average molecular weight is 291 g/mol. The third kappa shape index (κ3) is 3.14. The van der Waals surface area contributed by atoms with Crippen LogP contribution < -0.4 is 10.9 Å². The van der Waals surface area contributed by atoms with Gasteiger partial charge in [-0.15, -0.1) is 11.3 Å². The topological polar surface area (TPSA) is 74.8 Å². The van der Waals surface area contributed by atoms with E-state index >= 15 is 0 Å². The number of H-pyrrole nitrogens is 1. The van der Waals surface area contributed by atoms with Gasteiger partial charge in [-0.1, -0.05) is 13.0 Å². The Kier molecular flexibility index (Phi) is 4.34. The third-order valence-corrected chi connectivity index (χ3v) is 4.26. The maximum Gasteiger partial charge on any atom is 0.268 e. The van der Waals surface area contributed by atoms with Crippen molar-refractivity contribution in [3.63, 3.8) is 0 Å². The summed E-state index contributed by atoms with van der Waals surface area (Å²) in [6.07, 6.45) is 0.745. The summed E-state index contributed by atoms with van der Waals surface area (Å²) in [5, 5.41) is 3.80. The summed E-state index contributed by atoms with van der Waals surface area (Å²) in [5.74, 6) is -0.292. The van der Waals surface area contributed by atoms with Crippen molar-refractivity contribution < 1.29 is 4.79 Å². The lowest BCUT2D eigenvalue weighted by molar-refractivity contribution is 0.0930. The molecule has 20 heavy (non-hydrogen) atoms. The van der Waals surface area contributed by atoms with Gasteiger partial charge in [-0.3, -0.25) is 9.59 Å². The molecule has 0 aromatic carbocycles. The highest BCUT2D eigenvalue weighted by Gasteiger charge is 2.18. The first kappa shape index (κ1) is 14.5. The molecule has 0 aliphatic heterocycles. The van der Waals surface area contributed by atoms with E-state index in [-0.39, 0.29) is 23.2 Å². The van der Waals surface area contributed by atoms with E-state index in [1.807, 2.05) is 20.8 Å². The van der Waals surface area contributed by atoms with Crippen molar-refractivity contribution in [2.45, 2.75) is 33.2 Å². The van der Waals surface area contributed by atoms with E-state index in [4.69, 9.17) is 0 Å². The highest BCUT2D eigenvalue weighted by Crippen LogP contribution is 2.24. The maximum atomic E-state index is 12.1. The van der Waals surface area contributed by atoms with Gasteiger partial charge in [0.05, 0.1) is 11.7 Å². The molecule has 0 aliphatic rings. The first-order valence-corrected chi connectivity index (χ1v) is 7.27. The Morgan fingerprint density at radius 3 is 2.75 bits per heavy atom. The minimum absolute atomic E-state index is 0.136. The number of nitrogens with zero attached hydrogens (tertiary/aromatic N) is 1. The predicted octanol–water partition coefficient (Wildman–Crippen LogP) is 2.33. The number of carbonyl (C=O) groups is 1. The summed E-state index contributed by atoms with van der Waals surface area (Å²) in [4.78, 5) is 31.5. The number of rotatable bonds is 4. The Morgan fingerprint density at radius 2 is 2.20 bits per heavy atom. The van der Waals surface area contributed by atoms with E-state index in [1.54, 1.807) is 23.5 Å². The fraction of sp³-hybridized carbons (Fsp3) is 0.357. The fourth-order valence-corrected chi connectivity index (χ4v) is 2.86. The summed E-state index contributed by atoms with van der Waals surface area (Å²) in [6.45, 7) is 5.96. The Balaban J connectivity index is 2.18. The molecule has 0 fully saturated rings. The number of thiazole rings is 1. The van der Waals surface area contributed by atoms with Crippen LogP contribution in [0.1, 0.15) is 45.5 Å². The van der Waals surface area contributed by atoms with Crippen LogP contribution in [0, 0.1) is 13.8 Å². The standard InChI is InChI=1S/C14H17N3O2S/c1-4-10(14-15-8(2)9(3)20-14)17-13(19)11-6-5-7-12(18)16-11/h5-7,10H,4H2,1-3H3,(H,16,18)(H,17,19)/t10-/m0/s1. The van der Waals surface area contributed by atoms with Crippen molar-refractivity contribution in [2.24, 2.45) is 0 Å². The van der Waals surface area contributed by atoms with E-state index in [9.17, 15) is 9.59 Å². The van der Waals surface area contributed by atoms with E-state index in [0.717, 1.165) is 22.0 Å². The minimum atomic E-state index is -0.292. The summed E-state index contributed by atoms with van der Waals surface area (Å²) in [5.41, 5.74) is 0.971. The van der Waals surface area contributed by atoms with Gasteiger partial charge in [-0.2, -0.15) is 0 Å². The second-order valence-corrected chi connectivity index (χ2v) is 5.79. The van der Waals surface area contributed by atoms with Crippen LogP contribution in [0.2, 0.25) is 0 Å². The van der Waals surface area contributed by atoms with Gasteiger partial charge in [-0.25, -0.2) is 4.98 Å². The number of aromatic nitrogens is 2. The van der Waals surface area contributed by atoms with Gasteiger partial charge < -0.3 is 10.3 Å². The van der Waals surface area contributed by atoms with E-state index in [1.165, 1.54) is 6.07 Å². The first-order chi connectivity index (χ1) is 9.51. The molecule has 2 heterocycles. The lowest BCUT2D eigenvalue weighted by Gasteiger charge is -2.14. The molecular weight excluding hydrogens is 274 g/mol. The van der Waals surface area contributed by atoms with Crippen LogP contribution in [0.3, 0.4) is 0 Å². The zero-order chi connectivity index (χ0) is 14.7. The predicted molar refractivity (Wildman–Crippen MR) is 79.1 cm³/mol. The molecule has 1 amide bonds. The van der Waals surface area contributed by atoms with Crippen LogP contribution in [0.15, 0.2) is 23.0 Å². The largest absolute Gasteiger partial charge is 0.342 e. The molecule has 6 heteroatoms. The highest BCUT2D eigenvalue weighted by atomic mass is 32.1.